The van der Waals surface area contributed by atoms with Gasteiger partial charge in [-0.25, -0.2) is 5.43 Å². The summed E-state index contributed by atoms with van der Waals surface area (Å²) in [6, 6.07) is 5.86. The minimum Gasteiger partial charge on any atom is -0.496 e. The van der Waals surface area contributed by atoms with Gasteiger partial charge in [0.15, 0.2) is 0 Å². The van der Waals surface area contributed by atoms with Crippen LogP contribution < -0.4 is 16.0 Å². The molecule has 0 aromatic heterocycles. The van der Waals surface area contributed by atoms with Crippen molar-refractivity contribution in [1.29, 1.82) is 0 Å². The van der Waals surface area contributed by atoms with Gasteiger partial charge in [-0.3, -0.25) is 5.84 Å². The number of hydrazine groups is 1. The van der Waals surface area contributed by atoms with Gasteiger partial charge in [0.1, 0.15) is 5.75 Å². The van der Waals surface area contributed by atoms with Crippen LogP contribution in [-0.2, 0) is 0 Å². The van der Waals surface area contributed by atoms with E-state index < -0.39 is 0 Å². The van der Waals surface area contributed by atoms with Crippen molar-refractivity contribution in [2.45, 2.75) is 19.9 Å². The lowest BCUT2D eigenvalue weighted by molar-refractivity contribution is 0.404. The van der Waals surface area contributed by atoms with Crippen LogP contribution in [0, 0.1) is 0 Å². The van der Waals surface area contributed by atoms with E-state index in [0.29, 0.717) is 0 Å². The Morgan fingerprint density at radius 3 is 2.69 bits per heavy atom. The Labute approximate surface area is 105 Å². The molecule has 0 aliphatic rings. The second-order valence-electron chi connectivity index (χ2n) is 3.77. The van der Waals surface area contributed by atoms with E-state index in [9.17, 15) is 0 Å². The topological polar surface area (TPSA) is 47.3 Å². The van der Waals surface area contributed by atoms with E-state index in [2.05, 4.69) is 27.4 Å². The van der Waals surface area contributed by atoms with E-state index in [1.54, 1.807) is 7.11 Å². The van der Waals surface area contributed by atoms with Gasteiger partial charge < -0.3 is 4.74 Å². The zero-order valence-corrected chi connectivity index (χ0v) is 11.3. The SMILES string of the molecule is COc1cc(Br)ccc1C(C=C(C)C)NN. The molecule has 0 radical (unpaired) electrons. The maximum absolute atomic E-state index is 5.55. The zero-order valence-electron chi connectivity index (χ0n) is 9.75. The highest BCUT2D eigenvalue weighted by molar-refractivity contribution is 9.10. The average Bonchev–Trinajstić information content (AvgIpc) is 2.25. The third kappa shape index (κ3) is 3.33. The maximum Gasteiger partial charge on any atom is 0.125 e. The van der Waals surface area contributed by atoms with E-state index >= 15 is 0 Å². The Morgan fingerprint density at radius 1 is 1.50 bits per heavy atom. The molecule has 1 rings (SSSR count). The number of nitrogens with two attached hydrogens (primary N) is 1. The molecule has 3 nitrogen and oxygen atoms in total. The van der Waals surface area contributed by atoms with Crippen molar-refractivity contribution in [3.8, 4) is 5.75 Å². The van der Waals surface area contributed by atoms with E-state index in [1.165, 1.54) is 5.57 Å². The number of hydrogen-bond donors (Lipinski definition) is 2. The summed E-state index contributed by atoms with van der Waals surface area (Å²) in [6.07, 6.45) is 2.06. The number of nitrogens with one attached hydrogen (secondary N) is 1. The molecule has 0 aliphatic heterocycles. The molecular formula is C12H17BrN2O. The molecular weight excluding hydrogens is 268 g/mol. The van der Waals surface area contributed by atoms with Gasteiger partial charge in [-0.2, -0.15) is 0 Å². The summed E-state index contributed by atoms with van der Waals surface area (Å²) in [6.45, 7) is 4.07. The first-order valence-corrected chi connectivity index (χ1v) is 5.82. The monoisotopic (exact) mass is 284 g/mol. The second kappa shape index (κ2) is 6.03. The first-order chi connectivity index (χ1) is 7.58. The first-order valence-electron chi connectivity index (χ1n) is 5.03. The molecule has 0 saturated carbocycles. The van der Waals surface area contributed by atoms with Gasteiger partial charge in [0.25, 0.3) is 0 Å². The van der Waals surface area contributed by atoms with E-state index in [0.717, 1.165) is 15.8 Å². The number of rotatable bonds is 4. The lowest BCUT2D eigenvalue weighted by Crippen LogP contribution is -2.27. The molecule has 1 aromatic carbocycles. The van der Waals surface area contributed by atoms with Crippen molar-refractivity contribution >= 4 is 15.9 Å². The Kier molecular flexibility index (Phi) is 4.99. The van der Waals surface area contributed by atoms with Crippen LogP contribution >= 0.6 is 15.9 Å². The number of hydrogen-bond acceptors (Lipinski definition) is 3. The quantitative estimate of drug-likeness (QED) is 0.508. The van der Waals surface area contributed by atoms with Crippen molar-refractivity contribution < 1.29 is 4.74 Å². The normalized spacial score (nSPS) is 12.1. The first kappa shape index (κ1) is 13.2. The van der Waals surface area contributed by atoms with Crippen LogP contribution in [0.3, 0.4) is 0 Å². The van der Waals surface area contributed by atoms with E-state index in [4.69, 9.17) is 10.6 Å². The Hall–Kier alpha value is -0.840. The van der Waals surface area contributed by atoms with Crippen molar-refractivity contribution in [1.82, 2.24) is 5.43 Å². The van der Waals surface area contributed by atoms with Crippen molar-refractivity contribution in [3.63, 3.8) is 0 Å². The lowest BCUT2D eigenvalue weighted by Gasteiger charge is -2.16. The number of halogens is 1. The molecule has 0 heterocycles. The summed E-state index contributed by atoms with van der Waals surface area (Å²) in [5.41, 5.74) is 5.00. The summed E-state index contributed by atoms with van der Waals surface area (Å²) in [5, 5.41) is 0. The van der Waals surface area contributed by atoms with Gasteiger partial charge >= 0.3 is 0 Å². The molecule has 88 valence electrons. The molecule has 1 atom stereocenters. The van der Waals surface area contributed by atoms with Gasteiger partial charge in [0.05, 0.1) is 13.2 Å². The molecule has 0 saturated heterocycles. The molecule has 0 aliphatic carbocycles. The number of benzene rings is 1. The maximum atomic E-state index is 5.55. The van der Waals surface area contributed by atoms with Crippen LogP contribution in [-0.4, -0.2) is 7.11 Å². The highest BCUT2D eigenvalue weighted by atomic mass is 79.9. The summed E-state index contributed by atoms with van der Waals surface area (Å²) < 4.78 is 6.32. The molecule has 16 heavy (non-hydrogen) atoms. The van der Waals surface area contributed by atoms with Crippen LogP contribution in [0.2, 0.25) is 0 Å². The molecule has 1 unspecified atom stereocenters. The zero-order chi connectivity index (χ0) is 12.1. The Balaban J connectivity index is 3.14. The van der Waals surface area contributed by atoms with Crippen LogP contribution in [0.1, 0.15) is 25.5 Å². The summed E-state index contributed by atoms with van der Waals surface area (Å²) in [5.74, 6) is 6.37. The third-order valence-electron chi connectivity index (χ3n) is 2.21. The van der Waals surface area contributed by atoms with Gasteiger partial charge in [0, 0.05) is 10.0 Å². The van der Waals surface area contributed by atoms with Crippen molar-refractivity contribution in [2.24, 2.45) is 5.84 Å². The summed E-state index contributed by atoms with van der Waals surface area (Å²) >= 11 is 3.41. The number of ether oxygens (including phenoxy) is 1. The molecule has 0 fully saturated rings. The Bertz CT molecular complexity index is 387. The smallest absolute Gasteiger partial charge is 0.125 e. The summed E-state index contributed by atoms with van der Waals surface area (Å²) in [4.78, 5) is 0. The molecule has 0 amide bonds. The highest BCUT2D eigenvalue weighted by Gasteiger charge is 2.12. The number of allylic oxidation sites excluding steroid dienone is 1. The Morgan fingerprint density at radius 2 is 2.19 bits per heavy atom. The minimum atomic E-state index is -0.0342. The molecule has 4 heteroatoms. The second-order valence-corrected chi connectivity index (χ2v) is 4.69. The van der Waals surface area contributed by atoms with Crippen molar-refractivity contribution in [2.75, 3.05) is 7.11 Å². The molecule has 1 aromatic rings. The standard InChI is InChI=1S/C12H17BrN2O/c1-8(2)6-11(15-14)10-5-4-9(13)7-12(10)16-3/h4-7,11,15H,14H2,1-3H3. The van der Waals surface area contributed by atoms with Crippen LogP contribution in [0.5, 0.6) is 5.75 Å². The van der Waals surface area contributed by atoms with Crippen LogP contribution in [0.15, 0.2) is 34.3 Å². The predicted octanol–water partition coefficient (Wildman–Crippen LogP) is 2.93. The predicted molar refractivity (Wildman–Crippen MR) is 70.2 cm³/mol. The molecule has 0 bridgehead atoms. The average molecular weight is 285 g/mol. The third-order valence-corrected chi connectivity index (χ3v) is 2.70. The van der Waals surface area contributed by atoms with Gasteiger partial charge in [-0.1, -0.05) is 33.6 Å². The lowest BCUT2D eigenvalue weighted by atomic mass is 10.0. The van der Waals surface area contributed by atoms with Crippen molar-refractivity contribution in [3.05, 3.63) is 39.9 Å². The minimum absolute atomic E-state index is 0.0342. The fourth-order valence-corrected chi connectivity index (χ4v) is 1.84. The van der Waals surface area contributed by atoms with Crippen LogP contribution in [0.25, 0.3) is 0 Å². The molecule has 0 spiro atoms. The fourth-order valence-electron chi connectivity index (χ4n) is 1.50. The highest BCUT2D eigenvalue weighted by Crippen LogP contribution is 2.29. The number of methoxy groups -OCH3 is 1. The van der Waals surface area contributed by atoms with E-state index in [1.807, 2.05) is 32.0 Å². The summed E-state index contributed by atoms with van der Waals surface area (Å²) in [7, 11) is 1.65. The molecule has 3 N–H and O–H groups in total. The van der Waals surface area contributed by atoms with Gasteiger partial charge in [0.2, 0.25) is 0 Å². The fraction of sp³-hybridized carbons (Fsp3) is 0.333. The van der Waals surface area contributed by atoms with Gasteiger partial charge in [-0.15, -0.1) is 0 Å². The van der Waals surface area contributed by atoms with Gasteiger partial charge in [-0.05, 0) is 26.0 Å². The largest absolute Gasteiger partial charge is 0.496 e. The van der Waals surface area contributed by atoms with E-state index in [-0.39, 0.29) is 6.04 Å². The van der Waals surface area contributed by atoms with Crippen LogP contribution in [0.4, 0.5) is 0 Å².